The standard InChI is InChI=1S/C59H39N3/c1-59(2)49-31-16-15-26-42(49)47-32-33-48-53-46-30-14-13-29-45(46)52-43-27-11-9-24-40(43)41-25-10-12-28-44(41)54(52)57(53)62(56(48)55(47)59)58-60-50(37-20-7-4-8-21-37)35-51(61-58)39-23-17-22-38(34-39)36-18-5-3-6-19-36/h3-35H,1-2H3. The van der Waals surface area contributed by atoms with E-state index in [2.05, 4.69) is 219 Å². The predicted octanol–water partition coefficient (Wildman–Crippen LogP) is 15.5. The molecule has 0 saturated heterocycles. The number of benzene rings is 10. The Hall–Kier alpha value is -7.88. The molecule has 0 fully saturated rings. The highest BCUT2D eigenvalue weighted by Gasteiger charge is 2.39. The van der Waals surface area contributed by atoms with Crippen LogP contribution in [0.4, 0.5) is 0 Å². The SMILES string of the molecule is CC1(C)c2ccccc2-c2ccc3c4c5ccccc5c5c6ccccc6c6ccccc6c5c4n(-c4nc(-c5ccccc5)cc(-c5cccc(-c6ccccc6)c5)n4)c3c21. The van der Waals surface area contributed by atoms with Gasteiger partial charge in [-0.15, -0.1) is 0 Å². The molecule has 0 amide bonds. The highest BCUT2D eigenvalue weighted by Crippen LogP contribution is 2.55. The van der Waals surface area contributed by atoms with Crippen molar-refractivity contribution in [1.82, 2.24) is 14.5 Å². The van der Waals surface area contributed by atoms with E-state index in [-0.39, 0.29) is 5.41 Å². The molecule has 10 aromatic carbocycles. The largest absolute Gasteiger partial charge is 0.277 e. The van der Waals surface area contributed by atoms with Crippen molar-refractivity contribution in [2.45, 2.75) is 19.3 Å². The fourth-order valence-corrected chi connectivity index (χ4v) is 10.9. The Bertz CT molecular complexity index is 3820. The molecule has 2 aromatic heterocycles. The summed E-state index contributed by atoms with van der Waals surface area (Å²) in [6.45, 7) is 4.78. The molecule has 0 unspecified atom stereocenters. The number of rotatable bonds is 4. The summed E-state index contributed by atoms with van der Waals surface area (Å²) in [5.74, 6) is 0.653. The first-order chi connectivity index (χ1) is 30.5. The maximum Gasteiger partial charge on any atom is 0.235 e. The summed E-state index contributed by atoms with van der Waals surface area (Å²) in [5.41, 5.74) is 13.3. The van der Waals surface area contributed by atoms with Crippen molar-refractivity contribution in [2.24, 2.45) is 0 Å². The molecule has 0 saturated carbocycles. The van der Waals surface area contributed by atoms with Crippen molar-refractivity contribution in [1.29, 1.82) is 0 Å². The molecule has 0 N–H and O–H groups in total. The summed E-state index contributed by atoms with van der Waals surface area (Å²) in [5, 5.41) is 12.3. The maximum absolute atomic E-state index is 5.71. The summed E-state index contributed by atoms with van der Waals surface area (Å²) in [7, 11) is 0. The lowest BCUT2D eigenvalue weighted by Crippen LogP contribution is -2.17. The second-order valence-electron chi connectivity index (χ2n) is 17.3. The second-order valence-corrected chi connectivity index (χ2v) is 17.3. The van der Waals surface area contributed by atoms with Crippen LogP contribution < -0.4 is 0 Å². The van der Waals surface area contributed by atoms with Gasteiger partial charge in [0.1, 0.15) is 0 Å². The third-order valence-corrected chi connectivity index (χ3v) is 13.5. The van der Waals surface area contributed by atoms with Crippen LogP contribution in [0.1, 0.15) is 25.0 Å². The van der Waals surface area contributed by atoms with Crippen molar-refractivity contribution in [3.8, 4) is 50.7 Å². The average molecular weight is 790 g/mol. The maximum atomic E-state index is 5.71. The fourth-order valence-electron chi connectivity index (χ4n) is 10.9. The van der Waals surface area contributed by atoms with Crippen molar-refractivity contribution in [3.05, 3.63) is 211 Å². The summed E-state index contributed by atoms with van der Waals surface area (Å²) in [4.78, 5) is 11.4. The van der Waals surface area contributed by atoms with Gasteiger partial charge in [-0.05, 0) is 77.8 Å². The lowest BCUT2D eigenvalue weighted by molar-refractivity contribution is 0.663. The molecule has 1 aliphatic rings. The van der Waals surface area contributed by atoms with Gasteiger partial charge >= 0.3 is 0 Å². The normalized spacial score (nSPS) is 13.1. The van der Waals surface area contributed by atoms with Gasteiger partial charge in [-0.1, -0.05) is 202 Å². The van der Waals surface area contributed by atoms with Crippen LogP contribution in [0, 0.1) is 0 Å². The molecule has 12 aromatic rings. The molecule has 0 spiro atoms. The van der Waals surface area contributed by atoms with E-state index >= 15 is 0 Å². The lowest BCUT2D eigenvalue weighted by Gasteiger charge is -2.23. The minimum Gasteiger partial charge on any atom is -0.277 e. The van der Waals surface area contributed by atoms with Gasteiger partial charge in [0.25, 0.3) is 0 Å². The summed E-state index contributed by atoms with van der Waals surface area (Å²) in [6.07, 6.45) is 0. The van der Waals surface area contributed by atoms with Crippen molar-refractivity contribution in [2.75, 3.05) is 0 Å². The molecule has 0 radical (unpaired) electrons. The molecule has 62 heavy (non-hydrogen) atoms. The second kappa shape index (κ2) is 13.1. The van der Waals surface area contributed by atoms with E-state index in [1.54, 1.807) is 0 Å². The molecule has 0 atom stereocenters. The smallest absolute Gasteiger partial charge is 0.235 e. The van der Waals surface area contributed by atoms with Gasteiger partial charge in [-0.3, -0.25) is 4.57 Å². The van der Waals surface area contributed by atoms with E-state index in [0.717, 1.165) is 39.1 Å². The minimum absolute atomic E-state index is 0.304. The third-order valence-electron chi connectivity index (χ3n) is 13.5. The van der Waals surface area contributed by atoms with Gasteiger partial charge in [0.15, 0.2) is 0 Å². The molecule has 2 heterocycles. The van der Waals surface area contributed by atoms with Gasteiger partial charge in [0, 0.05) is 38.1 Å². The van der Waals surface area contributed by atoms with Gasteiger partial charge in [-0.2, -0.15) is 0 Å². The number of aromatic nitrogens is 3. The quantitative estimate of drug-likeness (QED) is 0.166. The van der Waals surface area contributed by atoms with Crippen LogP contribution in [0.2, 0.25) is 0 Å². The third kappa shape index (κ3) is 4.88. The Labute approximate surface area is 359 Å². The van der Waals surface area contributed by atoms with E-state index in [0.29, 0.717) is 5.95 Å². The van der Waals surface area contributed by atoms with Gasteiger partial charge in [0.05, 0.1) is 22.4 Å². The molecule has 290 valence electrons. The first-order valence-electron chi connectivity index (χ1n) is 21.5. The molecule has 0 aliphatic heterocycles. The number of nitrogens with zero attached hydrogens (tertiary/aromatic N) is 3. The number of hydrogen-bond donors (Lipinski definition) is 0. The number of hydrogen-bond acceptors (Lipinski definition) is 2. The van der Waals surface area contributed by atoms with Crippen molar-refractivity contribution >= 4 is 64.9 Å². The van der Waals surface area contributed by atoms with Crippen molar-refractivity contribution < 1.29 is 0 Å². The molecule has 13 rings (SSSR count). The zero-order valence-electron chi connectivity index (χ0n) is 34.4. The first kappa shape index (κ1) is 34.9. The molecule has 1 aliphatic carbocycles. The Morgan fingerprint density at radius 3 is 1.56 bits per heavy atom. The Morgan fingerprint density at radius 1 is 0.355 bits per heavy atom. The molecular formula is C59H39N3. The van der Waals surface area contributed by atoms with E-state index in [1.165, 1.54) is 81.7 Å². The van der Waals surface area contributed by atoms with Gasteiger partial charge in [-0.25, -0.2) is 9.97 Å². The van der Waals surface area contributed by atoms with Crippen LogP contribution in [-0.4, -0.2) is 14.5 Å². The van der Waals surface area contributed by atoms with Crippen LogP contribution in [0.25, 0.3) is 116 Å². The molecule has 0 bridgehead atoms. The molecular weight excluding hydrogens is 751 g/mol. The van der Waals surface area contributed by atoms with Crippen LogP contribution in [0.15, 0.2) is 200 Å². The summed E-state index contributed by atoms with van der Waals surface area (Å²) in [6, 6.07) is 72.7. The van der Waals surface area contributed by atoms with E-state index in [9.17, 15) is 0 Å². The van der Waals surface area contributed by atoms with E-state index in [4.69, 9.17) is 9.97 Å². The zero-order valence-corrected chi connectivity index (χ0v) is 34.4. The highest BCUT2D eigenvalue weighted by molar-refractivity contribution is 6.42. The van der Waals surface area contributed by atoms with Gasteiger partial charge in [0.2, 0.25) is 5.95 Å². The summed E-state index contributed by atoms with van der Waals surface area (Å²) < 4.78 is 2.46. The van der Waals surface area contributed by atoms with E-state index in [1.807, 2.05) is 0 Å². The average Bonchev–Trinajstić information content (AvgIpc) is 3.80. The monoisotopic (exact) mass is 789 g/mol. The fraction of sp³-hybridized carbons (Fsp3) is 0.0508. The Kier molecular flexibility index (Phi) is 7.36. The van der Waals surface area contributed by atoms with Gasteiger partial charge < -0.3 is 0 Å². The van der Waals surface area contributed by atoms with Crippen LogP contribution in [-0.2, 0) is 5.41 Å². The topological polar surface area (TPSA) is 30.7 Å². The van der Waals surface area contributed by atoms with Crippen molar-refractivity contribution in [3.63, 3.8) is 0 Å². The van der Waals surface area contributed by atoms with Crippen LogP contribution in [0.5, 0.6) is 0 Å². The van der Waals surface area contributed by atoms with Crippen LogP contribution >= 0.6 is 0 Å². The summed E-state index contributed by atoms with van der Waals surface area (Å²) >= 11 is 0. The highest BCUT2D eigenvalue weighted by atomic mass is 15.2. The van der Waals surface area contributed by atoms with Crippen LogP contribution in [0.3, 0.4) is 0 Å². The Balaban J connectivity index is 1.27. The Morgan fingerprint density at radius 2 is 0.871 bits per heavy atom. The zero-order chi connectivity index (χ0) is 41.1. The first-order valence-corrected chi connectivity index (χ1v) is 21.5. The minimum atomic E-state index is -0.304. The molecule has 3 heteroatoms. The van der Waals surface area contributed by atoms with E-state index < -0.39 is 0 Å². The molecule has 3 nitrogen and oxygen atoms in total. The predicted molar refractivity (Wildman–Crippen MR) is 260 cm³/mol. The number of fused-ring (bicyclic) bond motifs is 17. The lowest BCUT2D eigenvalue weighted by atomic mass is 9.81.